The van der Waals surface area contributed by atoms with Gasteiger partial charge in [-0.05, 0) is 25.5 Å². The molecule has 1 aromatic carbocycles. The normalized spacial score (nSPS) is 13.6. The summed E-state index contributed by atoms with van der Waals surface area (Å²) >= 11 is 0. The summed E-state index contributed by atoms with van der Waals surface area (Å²) in [4.78, 5) is 21.3. The summed E-state index contributed by atoms with van der Waals surface area (Å²) in [6.45, 7) is 3.29. The maximum atomic E-state index is 11.0. The number of para-hydroxylation sites is 1. The molecular formula is C12H16N2O5. The van der Waals surface area contributed by atoms with Crippen LogP contribution in [0.5, 0.6) is 0 Å². The van der Waals surface area contributed by atoms with Crippen molar-refractivity contribution in [3.63, 3.8) is 0 Å². The van der Waals surface area contributed by atoms with E-state index in [1.165, 1.54) is 18.2 Å². The van der Waals surface area contributed by atoms with E-state index in [0.717, 1.165) is 0 Å². The van der Waals surface area contributed by atoms with Gasteiger partial charge in [-0.15, -0.1) is 0 Å². The average Bonchev–Trinajstić information content (AvgIpc) is 2.37. The minimum atomic E-state index is -1.36. The van der Waals surface area contributed by atoms with Crippen molar-refractivity contribution in [2.24, 2.45) is 0 Å². The molecule has 0 amide bonds. The number of anilines is 1. The molecule has 104 valence electrons. The van der Waals surface area contributed by atoms with Crippen LogP contribution in [-0.4, -0.2) is 33.3 Å². The predicted molar refractivity (Wildman–Crippen MR) is 69.5 cm³/mol. The van der Waals surface area contributed by atoms with Crippen molar-refractivity contribution in [1.82, 2.24) is 0 Å². The van der Waals surface area contributed by atoms with Gasteiger partial charge in [-0.1, -0.05) is 13.0 Å². The highest BCUT2D eigenvalue weighted by molar-refractivity contribution is 5.95. The van der Waals surface area contributed by atoms with Gasteiger partial charge in [-0.3, -0.25) is 10.1 Å². The van der Waals surface area contributed by atoms with Crippen LogP contribution in [0, 0.1) is 10.1 Å². The lowest BCUT2D eigenvalue weighted by molar-refractivity contribution is -0.384. The fraction of sp³-hybridized carbons (Fsp3) is 0.417. The predicted octanol–water partition coefficient (Wildman–Crippen LogP) is 1.87. The first kappa shape index (κ1) is 14.9. The molecule has 3 N–H and O–H groups in total. The average molecular weight is 268 g/mol. The molecule has 1 unspecified atom stereocenters. The molecule has 0 aliphatic rings. The number of carbonyl (C=O) groups is 1. The fourth-order valence-electron chi connectivity index (χ4n) is 1.58. The summed E-state index contributed by atoms with van der Waals surface area (Å²) < 4.78 is 0. The fourth-order valence-corrected chi connectivity index (χ4v) is 1.58. The van der Waals surface area contributed by atoms with Crippen LogP contribution in [0.25, 0.3) is 0 Å². The number of rotatable bonds is 6. The monoisotopic (exact) mass is 268 g/mol. The van der Waals surface area contributed by atoms with E-state index in [1.54, 1.807) is 6.92 Å². The van der Waals surface area contributed by atoms with Gasteiger partial charge in [0.2, 0.25) is 0 Å². The van der Waals surface area contributed by atoms with Crippen molar-refractivity contribution in [2.75, 3.05) is 11.9 Å². The Hall–Kier alpha value is -2.15. The summed E-state index contributed by atoms with van der Waals surface area (Å²) in [5, 5.41) is 32.2. The second-order valence-corrected chi connectivity index (χ2v) is 4.46. The number of nitrogens with zero attached hydrogens (tertiary/aromatic N) is 1. The molecule has 0 radical (unpaired) electrons. The summed E-state index contributed by atoms with van der Waals surface area (Å²) in [5.74, 6) is -1.36. The summed E-state index contributed by atoms with van der Waals surface area (Å²) in [5.41, 5.74) is -1.54. The first-order chi connectivity index (χ1) is 8.84. The minimum absolute atomic E-state index is 0.0864. The molecule has 0 saturated heterocycles. The van der Waals surface area contributed by atoms with Gasteiger partial charge in [0.05, 0.1) is 17.1 Å². The van der Waals surface area contributed by atoms with E-state index in [9.17, 15) is 20.0 Å². The van der Waals surface area contributed by atoms with Crippen LogP contribution in [-0.2, 0) is 0 Å². The van der Waals surface area contributed by atoms with Crippen molar-refractivity contribution in [3.05, 3.63) is 33.9 Å². The minimum Gasteiger partial charge on any atom is -0.477 e. The zero-order chi connectivity index (χ0) is 14.6. The highest BCUT2D eigenvalue weighted by atomic mass is 16.6. The lowest BCUT2D eigenvalue weighted by Crippen LogP contribution is -2.38. The molecule has 0 heterocycles. The lowest BCUT2D eigenvalue weighted by Gasteiger charge is -2.28. The number of carboxylic acid groups (broad SMARTS) is 1. The third kappa shape index (κ3) is 3.19. The van der Waals surface area contributed by atoms with Crippen molar-refractivity contribution in [1.29, 1.82) is 0 Å². The van der Waals surface area contributed by atoms with Gasteiger partial charge in [0.15, 0.2) is 0 Å². The molecule has 0 bridgehead atoms. The highest BCUT2D eigenvalue weighted by Gasteiger charge is 2.28. The van der Waals surface area contributed by atoms with Crippen LogP contribution < -0.4 is 5.32 Å². The van der Waals surface area contributed by atoms with Crippen LogP contribution in [0.4, 0.5) is 11.4 Å². The van der Waals surface area contributed by atoms with Gasteiger partial charge < -0.3 is 15.5 Å². The van der Waals surface area contributed by atoms with Gasteiger partial charge in [-0.25, -0.2) is 4.79 Å². The van der Waals surface area contributed by atoms with Crippen LogP contribution in [0.2, 0.25) is 0 Å². The Bertz CT molecular complexity index is 497. The van der Waals surface area contributed by atoms with Crippen LogP contribution in [0.15, 0.2) is 18.2 Å². The van der Waals surface area contributed by atoms with Crippen molar-refractivity contribution >= 4 is 17.3 Å². The van der Waals surface area contributed by atoms with Gasteiger partial charge in [0, 0.05) is 0 Å². The molecule has 0 spiro atoms. The molecule has 7 heteroatoms. The molecule has 0 aromatic heterocycles. The SMILES string of the molecule is CCC(C)(CO)Nc1cccc(C(=O)O)c1[N+](=O)[O-]. The zero-order valence-electron chi connectivity index (χ0n) is 10.7. The maximum absolute atomic E-state index is 11.0. The van der Waals surface area contributed by atoms with Gasteiger partial charge in [-0.2, -0.15) is 0 Å². The van der Waals surface area contributed by atoms with E-state index < -0.39 is 22.1 Å². The van der Waals surface area contributed by atoms with Crippen LogP contribution in [0.3, 0.4) is 0 Å². The van der Waals surface area contributed by atoms with E-state index in [0.29, 0.717) is 6.42 Å². The Balaban J connectivity index is 3.32. The molecule has 7 nitrogen and oxygen atoms in total. The number of hydrogen-bond acceptors (Lipinski definition) is 5. The Labute approximate surface area is 110 Å². The third-order valence-electron chi connectivity index (χ3n) is 3.01. The number of benzene rings is 1. The second-order valence-electron chi connectivity index (χ2n) is 4.46. The lowest BCUT2D eigenvalue weighted by atomic mass is 9.99. The van der Waals surface area contributed by atoms with Gasteiger partial charge >= 0.3 is 11.7 Å². The van der Waals surface area contributed by atoms with E-state index >= 15 is 0 Å². The van der Waals surface area contributed by atoms with E-state index in [1.807, 2.05) is 6.92 Å². The molecule has 1 atom stereocenters. The van der Waals surface area contributed by atoms with Crippen LogP contribution in [0.1, 0.15) is 30.6 Å². The number of carboxylic acids is 1. The van der Waals surface area contributed by atoms with Crippen molar-refractivity contribution in [3.8, 4) is 0 Å². The number of hydrogen-bond donors (Lipinski definition) is 3. The summed E-state index contributed by atoms with van der Waals surface area (Å²) in [6, 6.07) is 4.02. The molecular weight excluding hydrogens is 252 g/mol. The maximum Gasteiger partial charge on any atom is 0.342 e. The molecule has 0 fully saturated rings. The molecule has 19 heavy (non-hydrogen) atoms. The molecule has 1 rings (SSSR count). The molecule has 0 saturated carbocycles. The van der Waals surface area contributed by atoms with Gasteiger partial charge in [0.1, 0.15) is 11.3 Å². The van der Waals surface area contributed by atoms with E-state index in [-0.39, 0.29) is 17.9 Å². The zero-order valence-corrected chi connectivity index (χ0v) is 10.7. The smallest absolute Gasteiger partial charge is 0.342 e. The van der Waals surface area contributed by atoms with Crippen molar-refractivity contribution in [2.45, 2.75) is 25.8 Å². The Kier molecular flexibility index (Phi) is 4.44. The number of nitro benzene ring substituents is 1. The first-order valence-corrected chi connectivity index (χ1v) is 5.74. The number of aliphatic hydroxyl groups is 1. The largest absolute Gasteiger partial charge is 0.477 e. The number of nitrogens with one attached hydrogen (secondary N) is 1. The Morgan fingerprint density at radius 2 is 2.16 bits per heavy atom. The quantitative estimate of drug-likeness (QED) is 0.536. The topological polar surface area (TPSA) is 113 Å². The number of aliphatic hydroxyl groups excluding tert-OH is 1. The summed E-state index contributed by atoms with van der Waals surface area (Å²) in [7, 11) is 0. The number of nitro groups is 1. The van der Waals surface area contributed by atoms with Gasteiger partial charge in [0.25, 0.3) is 0 Å². The van der Waals surface area contributed by atoms with Crippen LogP contribution >= 0.6 is 0 Å². The molecule has 0 aliphatic heterocycles. The highest BCUT2D eigenvalue weighted by Crippen LogP contribution is 2.31. The summed E-state index contributed by atoms with van der Waals surface area (Å²) in [6.07, 6.45) is 0.526. The Morgan fingerprint density at radius 3 is 2.58 bits per heavy atom. The van der Waals surface area contributed by atoms with Crippen molar-refractivity contribution < 1.29 is 19.9 Å². The molecule has 0 aliphatic carbocycles. The standard InChI is InChI=1S/C12H16N2O5/c1-3-12(2,7-15)13-9-6-4-5-8(11(16)17)10(9)14(18)19/h4-6,13,15H,3,7H2,1-2H3,(H,16,17). The first-order valence-electron chi connectivity index (χ1n) is 5.74. The molecule has 1 aromatic rings. The second kappa shape index (κ2) is 5.66. The third-order valence-corrected chi connectivity index (χ3v) is 3.01. The van der Waals surface area contributed by atoms with E-state index in [2.05, 4.69) is 5.32 Å². The Morgan fingerprint density at radius 1 is 1.53 bits per heavy atom. The number of aromatic carboxylic acids is 1. The van der Waals surface area contributed by atoms with E-state index in [4.69, 9.17) is 5.11 Å².